The third-order valence-electron chi connectivity index (χ3n) is 5.47. The van der Waals surface area contributed by atoms with Crippen molar-refractivity contribution in [2.24, 2.45) is 0 Å². The van der Waals surface area contributed by atoms with Crippen LogP contribution in [0.2, 0.25) is 0 Å². The van der Waals surface area contributed by atoms with Crippen molar-refractivity contribution in [2.75, 3.05) is 11.4 Å². The standard InChI is InChI=1S/C26H32N2O2S/c1-21(2)31(29,30)27-18-22(3)25-14-16-26(17-15-25)28(19-23-10-6-4-7-11-23)20-24-12-8-5-9-13-24/h4-17,21-22,27H,18-20H2,1-3H3. The first-order valence-electron chi connectivity index (χ1n) is 10.8. The highest BCUT2D eigenvalue weighted by atomic mass is 32.2. The van der Waals surface area contributed by atoms with Crippen molar-refractivity contribution in [1.82, 2.24) is 4.72 Å². The number of hydrogen-bond acceptors (Lipinski definition) is 3. The molecule has 0 aliphatic carbocycles. The van der Waals surface area contributed by atoms with Crippen LogP contribution < -0.4 is 9.62 Å². The van der Waals surface area contributed by atoms with Crippen LogP contribution >= 0.6 is 0 Å². The molecular weight excluding hydrogens is 404 g/mol. The van der Waals surface area contributed by atoms with Gasteiger partial charge in [-0.2, -0.15) is 0 Å². The number of nitrogens with zero attached hydrogens (tertiary/aromatic N) is 1. The Balaban J connectivity index is 1.75. The molecule has 0 bridgehead atoms. The fourth-order valence-electron chi connectivity index (χ4n) is 3.39. The predicted octanol–water partition coefficient (Wildman–Crippen LogP) is 5.32. The Morgan fingerprint density at radius 2 is 1.23 bits per heavy atom. The molecule has 5 heteroatoms. The molecule has 0 aromatic heterocycles. The molecule has 0 aliphatic heterocycles. The summed E-state index contributed by atoms with van der Waals surface area (Å²) >= 11 is 0. The molecular formula is C26H32N2O2S. The van der Waals surface area contributed by atoms with Crippen molar-refractivity contribution in [3.05, 3.63) is 102 Å². The lowest BCUT2D eigenvalue weighted by Crippen LogP contribution is -2.33. The van der Waals surface area contributed by atoms with Crippen LogP contribution in [0, 0.1) is 0 Å². The van der Waals surface area contributed by atoms with Gasteiger partial charge in [0, 0.05) is 25.3 Å². The molecule has 0 saturated carbocycles. The van der Waals surface area contributed by atoms with E-state index in [0.29, 0.717) is 6.54 Å². The van der Waals surface area contributed by atoms with Crippen molar-refractivity contribution in [3.63, 3.8) is 0 Å². The van der Waals surface area contributed by atoms with E-state index >= 15 is 0 Å². The molecule has 31 heavy (non-hydrogen) atoms. The molecule has 0 amide bonds. The smallest absolute Gasteiger partial charge is 0.213 e. The Labute approximate surface area is 187 Å². The van der Waals surface area contributed by atoms with E-state index < -0.39 is 15.3 Å². The first-order chi connectivity index (χ1) is 14.8. The van der Waals surface area contributed by atoms with Crippen LogP contribution in [0.4, 0.5) is 5.69 Å². The average molecular weight is 437 g/mol. The van der Waals surface area contributed by atoms with Gasteiger partial charge in [0.15, 0.2) is 0 Å². The molecule has 4 nitrogen and oxygen atoms in total. The van der Waals surface area contributed by atoms with Gasteiger partial charge in [0.05, 0.1) is 5.25 Å². The van der Waals surface area contributed by atoms with E-state index in [4.69, 9.17) is 0 Å². The van der Waals surface area contributed by atoms with Crippen LogP contribution in [-0.2, 0) is 23.1 Å². The molecule has 0 radical (unpaired) electrons. The maximum absolute atomic E-state index is 12.0. The zero-order valence-corrected chi connectivity index (χ0v) is 19.3. The third-order valence-corrected chi connectivity index (χ3v) is 7.28. The first-order valence-corrected chi connectivity index (χ1v) is 12.3. The molecule has 1 unspecified atom stereocenters. The summed E-state index contributed by atoms with van der Waals surface area (Å²) in [5.74, 6) is 0.0965. The lowest BCUT2D eigenvalue weighted by atomic mass is 10.0. The molecule has 3 rings (SSSR count). The highest BCUT2D eigenvalue weighted by Crippen LogP contribution is 2.24. The second-order valence-electron chi connectivity index (χ2n) is 8.26. The molecule has 3 aromatic carbocycles. The van der Waals surface area contributed by atoms with Crippen molar-refractivity contribution in [2.45, 2.75) is 45.0 Å². The van der Waals surface area contributed by atoms with Crippen molar-refractivity contribution < 1.29 is 8.42 Å². The van der Waals surface area contributed by atoms with Crippen LogP contribution in [0.3, 0.4) is 0 Å². The summed E-state index contributed by atoms with van der Waals surface area (Å²) in [7, 11) is -3.25. The van der Waals surface area contributed by atoms with E-state index in [2.05, 4.69) is 82.4 Å². The second-order valence-corrected chi connectivity index (χ2v) is 10.6. The molecule has 0 saturated heterocycles. The van der Waals surface area contributed by atoms with Gasteiger partial charge >= 0.3 is 0 Å². The van der Waals surface area contributed by atoms with Gasteiger partial charge in [-0.25, -0.2) is 13.1 Å². The lowest BCUT2D eigenvalue weighted by molar-refractivity contribution is 0.566. The van der Waals surface area contributed by atoms with Crippen LogP contribution in [0.25, 0.3) is 0 Å². The largest absolute Gasteiger partial charge is 0.363 e. The minimum Gasteiger partial charge on any atom is -0.363 e. The Morgan fingerprint density at radius 1 is 0.742 bits per heavy atom. The minimum atomic E-state index is -3.25. The maximum atomic E-state index is 12.0. The minimum absolute atomic E-state index is 0.0965. The molecule has 1 N–H and O–H groups in total. The second kappa shape index (κ2) is 10.6. The van der Waals surface area contributed by atoms with Crippen LogP contribution in [0.1, 0.15) is 43.4 Å². The van der Waals surface area contributed by atoms with E-state index in [1.54, 1.807) is 13.8 Å². The molecule has 3 aromatic rings. The molecule has 0 spiro atoms. The van der Waals surface area contributed by atoms with Gasteiger partial charge < -0.3 is 4.90 Å². The Bertz CT molecular complexity index is 992. The summed E-state index contributed by atoms with van der Waals surface area (Å²) in [4.78, 5) is 2.36. The quantitative estimate of drug-likeness (QED) is 0.468. The number of hydrogen-bond donors (Lipinski definition) is 1. The zero-order valence-electron chi connectivity index (χ0n) is 18.5. The van der Waals surface area contributed by atoms with Crippen LogP contribution in [-0.4, -0.2) is 20.2 Å². The van der Waals surface area contributed by atoms with Gasteiger partial charge in [0.25, 0.3) is 0 Å². The molecule has 0 heterocycles. The summed E-state index contributed by atoms with van der Waals surface area (Å²) in [6, 6.07) is 29.4. The Morgan fingerprint density at radius 3 is 1.68 bits per heavy atom. The summed E-state index contributed by atoms with van der Waals surface area (Å²) in [6.07, 6.45) is 0. The van der Waals surface area contributed by atoms with Gasteiger partial charge in [-0.15, -0.1) is 0 Å². The highest BCUT2D eigenvalue weighted by molar-refractivity contribution is 7.90. The van der Waals surface area contributed by atoms with Crippen molar-refractivity contribution >= 4 is 15.7 Å². The average Bonchev–Trinajstić information content (AvgIpc) is 2.78. The number of sulfonamides is 1. The predicted molar refractivity (Wildman–Crippen MR) is 130 cm³/mol. The van der Waals surface area contributed by atoms with E-state index in [0.717, 1.165) is 24.3 Å². The maximum Gasteiger partial charge on any atom is 0.213 e. The molecule has 0 fully saturated rings. The number of nitrogens with one attached hydrogen (secondary N) is 1. The highest BCUT2D eigenvalue weighted by Gasteiger charge is 2.17. The fourth-order valence-corrected chi connectivity index (χ4v) is 4.20. The third kappa shape index (κ3) is 6.68. The lowest BCUT2D eigenvalue weighted by Gasteiger charge is -2.26. The summed E-state index contributed by atoms with van der Waals surface area (Å²) in [5, 5.41) is -0.424. The van der Waals surface area contributed by atoms with E-state index in [1.165, 1.54) is 11.1 Å². The monoisotopic (exact) mass is 436 g/mol. The number of rotatable bonds is 10. The fraction of sp³-hybridized carbons (Fsp3) is 0.308. The zero-order chi connectivity index (χ0) is 22.3. The molecule has 1 atom stereocenters. The van der Waals surface area contributed by atoms with Crippen molar-refractivity contribution in [1.29, 1.82) is 0 Å². The van der Waals surface area contributed by atoms with Crippen LogP contribution in [0.5, 0.6) is 0 Å². The number of anilines is 1. The van der Waals surface area contributed by atoms with Crippen molar-refractivity contribution in [3.8, 4) is 0 Å². The van der Waals surface area contributed by atoms with Crippen LogP contribution in [0.15, 0.2) is 84.9 Å². The van der Waals surface area contributed by atoms with Gasteiger partial charge in [-0.05, 0) is 48.6 Å². The number of benzene rings is 3. The van der Waals surface area contributed by atoms with E-state index in [-0.39, 0.29) is 5.92 Å². The van der Waals surface area contributed by atoms with Gasteiger partial charge in [-0.3, -0.25) is 0 Å². The van der Waals surface area contributed by atoms with E-state index in [1.807, 2.05) is 19.1 Å². The van der Waals surface area contributed by atoms with E-state index in [9.17, 15) is 8.42 Å². The van der Waals surface area contributed by atoms with Gasteiger partial charge in [0.1, 0.15) is 0 Å². The Hall–Kier alpha value is -2.63. The van der Waals surface area contributed by atoms with Gasteiger partial charge in [0.2, 0.25) is 10.0 Å². The molecule has 0 aliphatic rings. The summed E-state index contributed by atoms with van der Waals surface area (Å²) in [6.45, 7) is 7.46. The summed E-state index contributed by atoms with van der Waals surface area (Å²) in [5.41, 5.74) is 4.79. The van der Waals surface area contributed by atoms with Gasteiger partial charge in [-0.1, -0.05) is 79.7 Å². The normalized spacial score (nSPS) is 12.6. The SMILES string of the molecule is CC(CNS(=O)(=O)C(C)C)c1ccc(N(Cc2ccccc2)Cc2ccccc2)cc1. The Kier molecular flexibility index (Phi) is 7.88. The first kappa shape index (κ1) is 23.0. The molecule has 164 valence electrons. The summed E-state index contributed by atoms with van der Waals surface area (Å²) < 4.78 is 26.8. The topological polar surface area (TPSA) is 49.4 Å².